The van der Waals surface area contributed by atoms with Crippen LogP contribution in [0.15, 0.2) is 0 Å². The number of carbonyl (C=O) groups is 1. The SMILES string of the molecule is CC(F)(F)C(C)(C)C(N)=O. The smallest absolute Gasteiger partial charge is 0.259 e. The molecule has 0 saturated carbocycles. The molecule has 0 aromatic carbocycles. The maximum atomic E-state index is 12.4. The van der Waals surface area contributed by atoms with Crippen molar-refractivity contribution in [2.45, 2.75) is 26.7 Å². The lowest BCUT2D eigenvalue weighted by molar-refractivity contribution is -0.147. The van der Waals surface area contributed by atoms with Crippen molar-refractivity contribution >= 4 is 5.91 Å². The summed E-state index contributed by atoms with van der Waals surface area (Å²) < 4.78 is 24.9. The van der Waals surface area contributed by atoms with Crippen LogP contribution in [0.5, 0.6) is 0 Å². The van der Waals surface area contributed by atoms with Gasteiger partial charge in [0.05, 0.1) is 0 Å². The number of hydrogen-bond donors (Lipinski definition) is 1. The van der Waals surface area contributed by atoms with E-state index in [1.54, 1.807) is 0 Å². The molecule has 0 rings (SSSR count). The van der Waals surface area contributed by atoms with E-state index in [0.29, 0.717) is 6.92 Å². The van der Waals surface area contributed by atoms with Crippen molar-refractivity contribution in [2.75, 3.05) is 0 Å². The van der Waals surface area contributed by atoms with Crippen LogP contribution in [0, 0.1) is 5.41 Å². The second-order valence-corrected chi connectivity index (χ2v) is 2.88. The summed E-state index contributed by atoms with van der Waals surface area (Å²) in [5.74, 6) is -4.04. The summed E-state index contributed by atoms with van der Waals surface area (Å²) in [4.78, 5) is 10.4. The Bertz CT molecular complexity index is 148. The van der Waals surface area contributed by atoms with Gasteiger partial charge in [-0.15, -0.1) is 0 Å². The summed E-state index contributed by atoms with van der Waals surface area (Å²) >= 11 is 0. The highest BCUT2D eigenvalue weighted by Gasteiger charge is 2.46. The van der Waals surface area contributed by atoms with Gasteiger partial charge in [-0.2, -0.15) is 0 Å². The van der Waals surface area contributed by atoms with Crippen LogP contribution in [0.25, 0.3) is 0 Å². The molecule has 0 aromatic heterocycles. The van der Waals surface area contributed by atoms with Gasteiger partial charge in [-0.1, -0.05) is 0 Å². The molecule has 0 spiro atoms. The molecule has 1 amide bonds. The molecule has 60 valence electrons. The molecule has 0 aliphatic heterocycles. The minimum Gasteiger partial charge on any atom is -0.369 e. The molecule has 0 aromatic rings. The highest BCUT2D eigenvalue weighted by molar-refractivity contribution is 5.81. The minimum absolute atomic E-state index is 0.678. The molecule has 0 saturated heterocycles. The summed E-state index contributed by atoms with van der Waals surface area (Å²) in [6, 6.07) is 0. The molecule has 0 heterocycles. The number of nitrogens with two attached hydrogens (primary N) is 1. The third-order valence-corrected chi connectivity index (χ3v) is 1.71. The van der Waals surface area contributed by atoms with Crippen molar-refractivity contribution in [3.63, 3.8) is 0 Å². The summed E-state index contributed by atoms with van der Waals surface area (Å²) in [6.07, 6.45) is 0. The lowest BCUT2D eigenvalue weighted by Crippen LogP contribution is -2.44. The molecule has 0 aliphatic rings. The Labute approximate surface area is 58.4 Å². The molecule has 0 fully saturated rings. The second-order valence-electron chi connectivity index (χ2n) is 2.88. The van der Waals surface area contributed by atoms with Gasteiger partial charge in [0.2, 0.25) is 5.91 Å². The fraction of sp³-hybridized carbons (Fsp3) is 0.833. The molecule has 4 heteroatoms. The van der Waals surface area contributed by atoms with Crippen molar-refractivity contribution in [1.29, 1.82) is 0 Å². The van der Waals surface area contributed by atoms with Crippen molar-refractivity contribution in [2.24, 2.45) is 11.1 Å². The molecule has 2 N–H and O–H groups in total. The minimum atomic E-state index is -3.06. The van der Waals surface area contributed by atoms with E-state index in [1.807, 2.05) is 0 Å². The third-order valence-electron chi connectivity index (χ3n) is 1.71. The largest absolute Gasteiger partial charge is 0.369 e. The zero-order chi connectivity index (χ0) is 8.58. The van der Waals surface area contributed by atoms with Gasteiger partial charge in [-0.25, -0.2) is 8.78 Å². The first-order chi connectivity index (χ1) is 4.19. The molecule has 0 aliphatic carbocycles. The first-order valence-electron chi connectivity index (χ1n) is 2.87. The Morgan fingerprint density at radius 3 is 1.60 bits per heavy atom. The maximum Gasteiger partial charge on any atom is 0.259 e. The topological polar surface area (TPSA) is 43.1 Å². The van der Waals surface area contributed by atoms with Crippen LogP contribution in [-0.4, -0.2) is 11.8 Å². The summed E-state index contributed by atoms with van der Waals surface area (Å²) in [5.41, 5.74) is 2.98. The predicted octanol–water partition coefficient (Wildman–Crippen LogP) is 1.15. The Hall–Kier alpha value is -0.670. The van der Waals surface area contributed by atoms with Gasteiger partial charge >= 0.3 is 0 Å². The van der Waals surface area contributed by atoms with Crippen molar-refractivity contribution in [3.05, 3.63) is 0 Å². The van der Waals surface area contributed by atoms with Crippen LogP contribution in [0.4, 0.5) is 8.78 Å². The van der Waals surface area contributed by atoms with Crippen molar-refractivity contribution < 1.29 is 13.6 Å². The average molecular weight is 151 g/mol. The highest BCUT2D eigenvalue weighted by Crippen LogP contribution is 2.34. The van der Waals surface area contributed by atoms with Crippen molar-refractivity contribution in [3.8, 4) is 0 Å². The number of alkyl halides is 2. The summed E-state index contributed by atoms with van der Waals surface area (Å²) in [7, 11) is 0. The maximum absolute atomic E-state index is 12.4. The second kappa shape index (κ2) is 2.18. The van der Waals surface area contributed by atoms with E-state index in [0.717, 1.165) is 13.8 Å². The van der Waals surface area contributed by atoms with E-state index in [4.69, 9.17) is 5.73 Å². The van der Waals surface area contributed by atoms with Crippen LogP contribution in [-0.2, 0) is 4.79 Å². The van der Waals surface area contributed by atoms with E-state index in [9.17, 15) is 13.6 Å². The summed E-state index contributed by atoms with van der Waals surface area (Å²) in [5, 5.41) is 0. The number of carbonyl (C=O) groups excluding carboxylic acids is 1. The number of amides is 1. The Morgan fingerprint density at radius 2 is 1.60 bits per heavy atom. The number of primary amides is 1. The molecular weight excluding hydrogens is 140 g/mol. The van der Waals surface area contributed by atoms with Crippen LogP contribution < -0.4 is 5.73 Å². The van der Waals surface area contributed by atoms with Gasteiger partial charge in [-0.3, -0.25) is 4.79 Å². The number of hydrogen-bond acceptors (Lipinski definition) is 1. The Balaban J connectivity index is 4.57. The van der Waals surface area contributed by atoms with E-state index < -0.39 is 17.2 Å². The lowest BCUT2D eigenvalue weighted by Gasteiger charge is -2.27. The third kappa shape index (κ3) is 1.43. The normalized spacial score (nSPS) is 13.3. The van der Waals surface area contributed by atoms with Gasteiger partial charge in [0.25, 0.3) is 5.92 Å². The van der Waals surface area contributed by atoms with Crippen LogP contribution in [0.1, 0.15) is 20.8 Å². The average Bonchev–Trinajstić information content (AvgIpc) is 1.62. The Kier molecular flexibility index (Phi) is 2.03. The standard InChI is InChI=1S/C6H11F2NO/c1-5(2,4(9)10)6(3,7)8/h1-3H3,(H2,9,10). The van der Waals surface area contributed by atoms with Crippen LogP contribution in [0.3, 0.4) is 0 Å². The van der Waals surface area contributed by atoms with E-state index in [1.165, 1.54) is 0 Å². The quantitative estimate of drug-likeness (QED) is 0.632. The van der Waals surface area contributed by atoms with Crippen LogP contribution in [0.2, 0.25) is 0 Å². The first kappa shape index (κ1) is 9.33. The van der Waals surface area contributed by atoms with E-state index >= 15 is 0 Å². The molecule has 0 bridgehead atoms. The molecule has 2 nitrogen and oxygen atoms in total. The highest BCUT2D eigenvalue weighted by atomic mass is 19.3. The number of halogens is 2. The molecule has 0 atom stereocenters. The monoisotopic (exact) mass is 151 g/mol. The van der Waals surface area contributed by atoms with Crippen molar-refractivity contribution in [1.82, 2.24) is 0 Å². The zero-order valence-electron chi connectivity index (χ0n) is 6.24. The van der Waals surface area contributed by atoms with Gasteiger partial charge < -0.3 is 5.73 Å². The lowest BCUT2D eigenvalue weighted by atomic mass is 9.86. The van der Waals surface area contributed by atoms with Crippen LogP contribution >= 0.6 is 0 Å². The molecule has 10 heavy (non-hydrogen) atoms. The van der Waals surface area contributed by atoms with Gasteiger partial charge in [0.1, 0.15) is 5.41 Å². The van der Waals surface area contributed by atoms with Gasteiger partial charge in [-0.05, 0) is 13.8 Å². The molecule has 0 radical (unpaired) electrons. The van der Waals surface area contributed by atoms with E-state index in [2.05, 4.69) is 0 Å². The molecular formula is C6H11F2NO. The number of rotatable bonds is 2. The van der Waals surface area contributed by atoms with Gasteiger partial charge in [0, 0.05) is 6.92 Å². The Morgan fingerprint density at radius 1 is 1.30 bits per heavy atom. The van der Waals surface area contributed by atoms with Gasteiger partial charge in [0.15, 0.2) is 0 Å². The predicted molar refractivity (Wildman–Crippen MR) is 33.6 cm³/mol. The zero-order valence-corrected chi connectivity index (χ0v) is 6.24. The fourth-order valence-electron chi connectivity index (χ4n) is 0.216. The fourth-order valence-corrected chi connectivity index (χ4v) is 0.216. The first-order valence-corrected chi connectivity index (χ1v) is 2.87. The summed E-state index contributed by atoms with van der Waals surface area (Å²) in [6.45, 7) is 2.92. The van der Waals surface area contributed by atoms with E-state index in [-0.39, 0.29) is 0 Å². The molecule has 0 unspecified atom stereocenters.